The molecule has 2 aliphatic carbocycles. The van der Waals surface area contributed by atoms with Crippen LogP contribution in [0.3, 0.4) is 0 Å². The van der Waals surface area contributed by atoms with Crippen LogP contribution in [0.1, 0.15) is 65.2 Å². The number of hydrogen-bond donors (Lipinski definition) is 0. The van der Waals surface area contributed by atoms with Crippen molar-refractivity contribution >= 4 is 0 Å². The molecule has 0 nitrogen and oxygen atoms in total. The van der Waals surface area contributed by atoms with Crippen LogP contribution in [0.25, 0.3) is 0 Å². The van der Waals surface area contributed by atoms with E-state index in [-0.39, 0.29) is 5.41 Å². The van der Waals surface area contributed by atoms with Gasteiger partial charge in [0.15, 0.2) is 0 Å². The van der Waals surface area contributed by atoms with E-state index >= 15 is 0 Å². The van der Waals surface area contributed by atoms with Crippen molar-refractivity contribution in [3.63, 3.8) is 0 Å². The van der Waals surface area contributed by atoms with Gasteiger partial charge in [-0.25, -0.2) is 0 Å². The smallest absolute Gasteiger partial charge is 0.0172 e. The Balaban J connectivity index is 1.89. The SMILES string of the molecule is C=CC(C)(C)CC1C=CC(C2CC=CCCCC2)CC1. The zero-order valence-electron chi connectivity index (χ0n) is 13.5. The molecule has 2 aliphatic rings. The van der Waals surface area contributed by atoms with Crippen LogP contribution in [-0.4, -0.2) is 0 Å². The molecule has 0 spiro atoms. The first-order chi connectivity index (χ1) is 9.61. The van der Waals surface area contributed by atoms with Gasteiger partial charge in [0.2, 0.25) is 0 Å². The molecule has 0 heterocycles. The highest BCUT2D eigenvalue weighted by molar-refractivity contribution is 5.04. The largest absolute Gasteiger partial charge is 0.103 e. The molecule has 0 aliphatic heterocycles. The van der Waals surface area contributed by atoms with Gasteiger partial charge in [0, 0.05) is 0 Å². The molecule has 0 amide bonds. The molecule has 0 N–H and O–H groups in total. The summed E-state index contributed by atoms with van der Waals surface area (Å²) >= 11 is 0. The summed E-state index contributed by atoms with van der Waals surface area (Å²) in [5.41, 5.74) is 0.283. The van der Waals surface area contributed by atoms with Gasteiger partial charge in [0.25, 0.3) is 0 Å². The quantitative estimate of drug-likeness (QED) is 0.526. The van der Waals surface area contributed by atoms with E-state index in [1.54, 1.807) is 0 Å². The standard InChI is InChI=1S/C20H32/c1-4-20(2,3)16-17-12-14-19(15-13-17)18-10-8-6-5-7-9-11-18/h4,6,8,12,14,17-19H,1,5,7,9-11,13,15-16H2,2-3H3. The Kier molecular flexibility index (Phi) is 5.69. The highest BCUT2D eigenvalue weighted by Crippen LogP contribution is 2.38. The predicted molar refractivity (Wildman–Crippen MR) is 89.7 cm³/mol. The maximum absolute atomic E-state index is 3.97. The van der Waals surface area contributed by atoms with Crippen LogP contribution in [0.2, 0.25) is 0 Å². The summed E-state index contributed by atoms with van der Waals surface area (Å²) in [5, 5.41) is 0. The number of allylic oxidation sites excluding steroid dienone is 5. The molecule has 0 bridgehead atoms. The van der Waals surface area contributed by atoms with E-state index in [2.05, 4.69) is 50.8 Å². The lowest BCUT2D eigenvalue weighted by atomic mass is 9.73. The van der Waals surface area contributed by atoms with Crippen LogP contribution >= 0.6 is 0 Å². The highest BCUT2D eigenvalue weighted by Gasteiger charge is 2.26. The van der Waals surface area contributed by atoms with Crippen molar-refractivity contribution in [2.24, 2.45) is 23.2 Å². The first-order valence-corrected chi connectivity index (χ1v) is 8.57. The lowest BCUT2D eigenvalue weighted by Gasteiger charge is -2.32. The minimum atomic E-state index is 0.283. The Hall–Kier alpha value is -0.780. The van der Waals surface area contributed by atoms with Gasteiger partial charge in [-0.3, -0.25) is 0 Å². The molecule has 0 fully saturated rings. The molecular formula is C20H32. The Labute approximate surface area is 126 Å². The highest BCUT2D eigenvalue weighted by atomic mass is 14.3. The molecule has 0 saturated heterocycles. The fraction of sp³-hybridized carbons (Fsp3) is 0.700. The molecule has 0 heteroatoms. The second-order valence-corrected chi connectivity index (χ2v) is 7.53. The maximum Gasteiger partial charge on any atom is -0.0172 e. The summed E-state index contributed by atoms with van der Waals surface area (Å²) in [4.78, 5) is 0. The summed E-state index contributed by atoms with van der Waals surface area (Å²) in [5.74, 6) is 2.50. The first kappa shape index (κ1) is 15.6. The van der Waals surface area contributed by atoms with Gasteiger partial charge < -0.3 is 0 Å². The Morgan fingerprint density at radius 2 is 1.95 bits per heavy atom. The van der Waals surface area contributed by atoms with E-state index in [0.717, 1.165) is 17.8 Å². The molecule has 20 heavy (non-hydrogen) atoms. The molecule has 0 aromatic rings. The van der Waals surface area contributed by atoms with Crippen molar-refractivity contribution in [3.8, 4) is 0 Å². The topological polar surface area (TPSA) is 0 Å². The minimum Gasteiger partial charge on any atom is -0.103 e. The van der Waals surface area contributed by atoms with Crippen LogP contribution in [0, 0.1) is 23.2 Å². The Morgan fingerprint density at radius 3 is 2.65 bits per heavy atom. The van der Waals surface area contributed by atoms with Gasteiger partial charge in [-0.1, -0.05) is 50.6 Å². The van der Waals surface area contributed by atoms with Crippen molar-refractivity contribution in [2.45, 2.75) is 65.2 Å². The first-order valence-electron chi connectivity index (χ1n) is 8.57. The van der Waals surface area contributed by atoms with Crippen molar-refractivity contribution < 1.29 is 0 Å². The van der Waals surface area contributed by atoms with Crippen LogP contribution < -0.4 is 0 Å². The molecule has 0 saturated carbocycles. The average Bonchev–Trinajstić information content (AvgIpc) is 2.39. The molecule has 0 aromatic carbocycles. The Bertz CT molecular complexity index is 358. The van der Waals surface area contributed by atoms with Crippen LogP contribution in [0.15, 0.2) is 37.0 Å². The predicted octanol–water partition coefficient (Wildman–Crippen LogP) is 6.31. The van der Waals surface area contributed by atoms with Gasteiger partial charge in [-0.05, 0) is 68.1 Å². The number of hydrogen-bond acceptors (Lipinski definition) is 0. The normalized spacial score (nSPS) is 31.6. The summed E-state index contributed by atoms with van der Waals surface area (Å²) in [7, 11) is 0. The third-order valence-electron chi connectivity index (χ3n) is 5.25. The van der Waals surface area contributed by atoms with Crippen molar-refractivity contribution in [3.05, 3.63) is 37.0 Å². The van der Waals surface area contributed by atoms with Gasteiger partial charge in [0.05, 0.1) is 0 Å². The van der Waals surface area contributed by atoms with Crippen LogP contribution in [0.5, 0.6) is 0 Å². The fourth-order valence-corrected chi connectivity index (χ4v) is 3.79. The molecule has 2 rings (SSSR count). The van der Waals surface area contributed by atoms with Crippen molar-refractivity contribution in [1.82, 2.24) is 0 Å². The fourth-order valence-electron chi connectivity index (χ4n) is 3.79. The van der Waals surface area contributed by atoms with Gasteiger partial charge in [-0.2, -0.15) is 0 Å². The lowest BCUT2D eigenvalue weighted by Crippen LogP contribution is -2.21. The second-order valence-electron chi connectivity index (χ2n) is 7.53. The maximum atomic E-state index is 3.97. The van der Waals surface area contributed by atoms with Gasteiger partial charge >= 0.3 is 0 Å². The zero-order valence-corrected chi connectivity index (χ0v) is 13.5. The van der Waals surface area contributed by atoms with E-state index in [4.69, 9.17) is 0 Å². The van der Waals surface area contributed by atoms with E-state index in [0.29, 0.717) is 0 Å². The molecule has 0 radical (unpaired) electrons. The third kappa shape index (κ3) is 4.65. The zero-order chi connectivity index (χ0) is 14.4. The Morgan fingerprint density at radius 1 is 1.10 bits per heavy atom. The molecule has 3 atom stereocenters. The second kappa shape index (κ2) is 7.29. The van der Waals surface area contributed by atoms with Crippen LogP contribution in [0.4, 0.5) is 0 Å². The lowest BCUT2D eigenvalue weighted by molar-refractivity contribution is 0.280. The molecule has 112 valence electrons. The molecule has 0 aromatic heterocycles. The van der Waals surface area contributed by atoms with Crippen LogP contribution in [-0.2, 0) is 0 Å². The summed E-state index contributed by atoms with van der Waals surface area (Å²) in [6.07, 6.45) is 22.9. The van der Waals surface area contributed by atoms with E-state index < -0.39 is 0 Å². The van der Waals surface area contributed by atoms with Crippen molar-refractivity contribution in [2.75, 3.05) is 0 Å². The van der Waals surface area contributed by atoms with E-state index in [1.807, 2.05) is 0 Å². The van der Waals surface area contributed by atoms with Gasteiger partial charge in [0.1, 0.15) is 0 Å². The van der Waals surface area contributed by atoms with Crippen molar-refractivity contribution in [1.29, 1.82) is 0 Å². The number of rotatable bonds is 4. The average molecular weight is 272 g/mol. The molecular weight excluding hydrogens is 240 g/mol. The van der Waals surface area contributed by atoms with E-state index in [9.17, 15) is 0 Å². The summed E-state index contributed by atoms with van der Waals surface area (Å²) in [6, 6.07) is 0. The van der Waals surface area contributed by atoms with E-state index in [1.165, 1.54) is 51.4 Å². The molecule has 3 unspecified atom stereocenters. The summed E-state index contributed by atoms with van der Waals surface area (Å²) < 4.78 is 0. The third-order valence-corrected chi connectivity index (χ3v) is 5.25. The monoisotopic (exact) mass is 272 g/mol. The minimum absolute atomic E-state index is 0.283. The van der Waals surface area contributed by atoms with Gasteiger partial charge in [-0.15, -0.1) is 6.58 Å². The summed E-state index contributed by atoms with van der Waals surface area (Å²) in [6.45, 7) is 8.58.